The smallest absolute Gasteiger partial charge is 0.354 e. The summed E-state index contributed by atoms with van der Waals surface area (Å²) in [5.41, 5.74) is 0.832. The first-order valence-corrected chi connectivity index (χ1v) is 4.31. The SMILES string of the molecule is O=C1OC(C(=O)OCO)c2ccccc21. The number of ether oxygens (including phenoxy) is 2. The highest BCUT2D eigenvalue weighted by Gasteiger charge is 2.36. The molecule has 1 aliphatic rings. The lowest BCUT2D eigenvalue weighted by Crippen LogP contribution is -2.16. The molecule has 0 bridgehead atoms. The Morgan fingerprint density at radius 2 is 2.20 bits per heavy atom. The van der Waals surface area contributed by atoms with Gasteiger partial charge in [0.2, 0.25) is 6.10 Å². The number of carbonyl (C=O) groups excluding carboxylic acids is 2. The van der Waals surface area contributed by atoms with Crippen molar-refractivity contribution in [2.75, 3.05) is 6.79 Å². The van der Waals surface area contributed by atoms with Crippen LogP contribution in [-0.4, -0.2) is 23.8 Å². The van der Waals surface area contributed by atoms with Gasteiger partial charge in [0.05, 0.1) is 5.56 Å². The van der Waals surface area contributed by atoms with Crippen LogP contribution in [-0.2, 0) is 14.3 Å². The van der Waals surface area contributed by atoms with Crippen LogP contribution in [0.15, 0.2) is 24.3 Å². The van der Waals surface area contributed by atoms with Crippen LogP contribution in [0.1, 0.15) is 22.0 Å². The number of esters is 2. The van der Waals surface area contributed by atoms with Crippen molar-refractivity contribution in [3.05, 3.63) is 35.4 Å². The maximum absolute atomic E-state index is 11.3. The average molecular weight is 208 g/mol. The van der Waals surface area contributed by atoms with E-state index in [1.165, 1.54) is 0 Å². The third-order valence-corrected chi connectivity index (χ3v) is 2.11. The second kappa shape index (κ2) is 3.70. The first-order valence-electron chi connectivity index (χ1n) is 4.31. The van der Waals surface area contributed by atoms with Crippen molar-refractivity contribution in [1.29, 1.82) is 0 Å². The van der Waals surface area contributed by atoms with Gasteiger partial charge in [0.1, 0.15) is 0 Å². The number of cyclic esters (lactones) is 1. The lowest BCUT2D eigenvalue weighted by atomic mass is 10.1. The number of fused-ring (bicyclic) bond motifs is 1. The van der Waals surface area contributed by atoms with Crippen LogP contribution >= 0.6 is 0 Å². The fourth-order valence-corrected chi connectivity index (χ4v) is 1.46. The summed E-state index contributed by atoms with van der Waals surface area (Å²) in [5.74, 6) is -1.32. The molecule has 0 spiro atoms. The van der Waals surface area contributed by atoms with Gasteiger partial charge in [-0.05, 0) is 6.07 Å². The van der Waals surface area contributed by atoms with E-state index in [1.807, 2.05) is 0 Å². The number of rotatable bonds is 2. The Balaban J connectivity index is 2.32. The van der Waals surface area contributed by atoms with Crippen LogP contribution in [0.25, 0.3) is 0 Å². The zero-order chi connectivity index (χ0) is 10.8. The third kappa shape index (κ3) is 1.57. The van der Waals surface area contributed by atoms with Crippen LogP contribution in [0.5, 0.6) is 0 Å². The van der Waals surface area contributed by atoms with Gasteiger partial charge in [-0.1, -0.05) is 18.2 Å². The van der Waals surface area contributed by atoms with Crippen molar-refractivity contribution in [2.24, 2.45) is 0 Å². The first kappa shape index (κ1) is 9.67. The second-order valence-electron chi connectivity index (χ2n) is 2.97. The van der Waals surface area contributed by atoms with Gasteiger partial charge in [0.25, 0.3) is 0 Å². The molecule has 5 heteroatoms. The van der Waals surface area contributed by atoms with Gasteiger partial charge < -0.3 is 14.6 Å². The van der Waals surface area contributed by atoms with E-state index in [4.69, 9.17) is 9.84 Å². The number of aliphatic hydroxyl groups is 1. The van der Waals surface area contributed by atoms with Crippen LogP contribution in [0, 0.1) is 0 Å². The van der Waals surface area contributed by atoms with Crippen LogP contribution in [0.3, 0.4) is 0 Å². The molecule has 1 atom stereocenters. The zero-order valence-corrected chi connectivity index (χ0v) is 7.67. The van der Waals surface area contributed by atoms with Gasteiger partial charge >= 0.3 is 11.9 Å². The largest absolute Gasteiger partial charge is 0.442 e. The van der Waals surface area contributed by atoms with E-state index >= 15 is 0 Å². The molecule has 1 aromatic rings. The van der Waals surface area contributed by atoms with E-state index in [0.29, 0.717) is 11.1 Å². The average Bonchev–Trinajstić information content (AvgIpc) is 2.58. The van der Waals surface area contributed by atoms with Gasteiger partial charge in [-0.3, -0.25) is 0 Å². The summed E-state index contributed by atoms with van der Waals surface area (Å²) in [6, 6.07) is 6.56. The van der Waals surface area contributed by atoms with Crippen LogP contribution in [0.4, 0.5) is 0 Å². The molecule has 0 radical (unpaired) electrons. The Labute approximate surface area is 85.2 Å². The Morgan fingerprint density at radius 1 is 1.47 bits per heavy atom. The van der Waals surface area contributed by atoms with Gasteiger partial charge in [-0.2, -0.15) is 0 Å². The van der Waals surface area contributed by atoms with Gasteiger partial charge in [0, 0.05) is 5.56 Å². The zero-order valence-electron chi connectivity index (χ0n) is 7.67. The molecule has 5 nitrogen and oxygen atoms in total. The molecule has 1 aromatic carbocycles. The molecule has 1 N–H and O–H groups in total. The highest BCUT2D eigenvalue weighted by atomic mass is 16.6. The third-order valence-electron chi connectivity index (χ3n) is 2.11. The summed E-state index contributed by atoms with van der Waals surface area (Å²) in [6.45, 7) is -0.727. The Kier molecular flexibility index (Phi) is 2.39. The van der Waals surface area contributed by atoms with E-state index < -0.39 is 24.8 Å². The van der Waals surface area contributed by atoms with Crippen molar-refractivity contribution in [3.63, 3.8) is 0 Å². The fraction of sp³-hybridized carbons (Fsp3) is 0.200. The quantitative estimate of drug-likeness (QED) is 0.562. The lowest BCUT2D eigenvalue weighted by molar-refractivity contribution is -0.161. The topological polar surface area (TPSA) is 72.8 Å². The molecule has 0 amide bonds. The molecule has 0 aromatic heterocycles. The number of aliphatic hydroxyl groups excluding tert-OH is 1. The minimum absolute atomic E-state index is 0.359. The first-order chi connectivity index (χ1) is 7.24. The Bertz CT molecular complexity index is 412. The van der Waals surface area contributed by atoms with E-state index in [9.17, 15) is 9.59 Å². The van der Waals surface area contributed by atoms with Crippen LogP contribution in [0.2, 0.25) is 0 Å². The van der Waals surface area contributed by atoms with Crippen molar-refractivity contribution in [1.82, 2.24) is 0 Å². The molecular formula is C10H8O5. The van der Waals surface area contributed by atoms with Gasteiger partial charge in [0.15, 0.2) is 6.79 Å². The maximum atomic E-state index is 11.3. The normalized spacial score (nSPS) is 18.2. The predicted molar refractivity (Wildman–Crippen MR) is 47.8 cm³/mol. The van der Waals surface area contributed by atoms with E-state index in [2.05, 4.69) is 4.74 Å². The molecule has 1 heterocycles. The van der Waals surface area contributed by atoms with E-state index in [0.717, 1.165) is 0 Å². The van der Waals surface area contributed by atoms with E-state index in [1.54, 1.807) is 24.3 Å². The number of hydrogen-bond donors (Lipinski definition) is 1. The fourth-order valence-electron chi connectivity index (χ4n) is 1.46. The Hall–Kier alpha value is -1.88. The summed E-state index contributed by atoms with van der Waals surface area (Å²) in [4.78, 5) is 22.6. The predicted octanol–water partition coefficient (Wildman–Crippen LogP) is 0.391. The molecule has 0 aliphatic carbocycles. The highest BCUT2D eigenvalue weighted by molar-refractivity contribution is 5.98. The molecule has 1 aliphatic heterocycles. The van der Waals surface area contributed by atoms with Crippen molar-refractivity contribution in [2.45, 2.75) is 6.10 Å². The molecule has 2 rings (SSSR count). The molecule has 0 saturated carbocycles. The minimum Gasteiger partial charge on any atom is -0.442 e. The molecule has 0 saturated heterocycles. The second-order valence-corrected chi connectivity index (χ2v) is 2.97. The lowest BCUT2D eigenvalue weighted by Gasteiger charge is -2.08. The standard InChI is InChI=1S/C10H8O5/c11-5-14-10(13)8-6-3-1-2-4-7(6)9(12)15-8/h1-4,8,11H,5H2. The van der Waals surface area contributed by atoms with Gasteiger partial charge in [-0.15, -0.1) is 0 Å². The highest BCUT2D eigenvalue weighted by Crippen LogP contribution is 2.30. The minimum atomic E-state index is -1.05. The van der Waals surface area contributed by atoms with Crippen LogP contribution < -0.4 is 0 Å². The summed E-state index contributed by atoms with van der Waals surface area (Å²) in [6.07, 6.45) is -1.05. The van der Waals surface area contributed by atoms with Crippen molar-refractivity contribution < 1.29 is 24.2 Å². The maximum Gasteiger partial charge on any atom is 0.354 e. The number of benzene rings is 1. The number of hydrogen-bond acceptors (Lipinski definition) is 5. The number of carbonyl (C=O) groups is 2. The summed E-state index contributed by atoms with van der Waals surface area (Å²) in [7, 11) is 0. The van der Waals surface area contributed by atoms with Gasteiger partial charge in [-0.25, -0.2) is 9.59 Å². The molecule has 15 heavy (non-hydrogen) atoms. The molecular weight excluding hydrogens is 200 g/mol. The summed E-state index contributed by atoms with van der Waals surface area (Å²) < 4.78 is 9.19. The molecule has 1 unspecified atom stereocenters. The molecule has 78 valence electrons. The van der Waals surface area contributed by atoms with Crippen molar-refractivity contribution >= 4 is 11.9 Å². The summed E-state index contributed by atoms with van der Waals surface area (Å²) in [5, 5.41) is 8.43. The summed E-state index contributed by atoms with van der Waals surface area (Å²) >= 11 is 0. The Morgan fingerprint density at radius 3 is 2.93 bits per heavy atom. The monoisotopic (exact) mass is 208 g/mol. The van der Waals surface area contributed by atoms with Crippen molar-refractivity contribution in [3.8, 4) is 0 Å². The molecule has 0 fully saturated rings. The van der Waals surface area contributed by atoms with E-state index in [-0.39, 0.29) is 0 Å².